The minimum absolute atomic E-state index is 0.0469. The first-order chi connectivity index (χ1) is 19.9. The van der Waals surface area contributed by atoms with Gasteiger partial charge in [0.25, 0.3) is 0 Å². The second-order valence-electron chi connectivity index (χ2n) is 15.4. The minimum Gasteiger partial charge on any atom is -0.347 e. The van der Waals surface area contributed by atoms with Crippen LogP contribution in [0.25, 0.3) is 0 Å². The van der Waals surface area contributed by atoms with Gasteiger partial charge in [-0.25, -0.2) is 8.78 Å². The van der Waals surface area contributed by atoms with E-state index in [1.54, 1.807) is 19.0 Å². The number of amides is 3. The van der Waals surface area contributed by atoms with Crippen molar-refractivity contribution in [2.75, 3.05) is 33.7 Å². The van der Waals surface area contributed by atoms with E-state index in [4.69, 9.17) is 0 Å². The molecule has 2 aliphatic heterocycles. The lowest BCUT2D eigenvalue weighted by molar-refractivity contribution is -0.147. The molecule has 2 heterocycles. The maximum absolute atomic E-state index is 15.1. The average Bonchev–Trinajstić information content (AvgIpc) is 3.54. The molecule has 4 atom stereocenters. The van der Waals surface area contributed by atoms with Crippen LogP contribution in [0.4, 0.5) is 8.78 Å². The van der Waals surface area contributed by atoms with Crippen molar-refractivity contribution in [2.45, 2.75) is 111 Å². The van der Waals surface area contributed by atoms with E-state index in [1.807, 2.05) is 39.5 Å². The fourth-order valence-corrected chi connectivity index (χ4v) is 7.31. The van der Waals surface area contributed by atoms with Gasteiger partial charge in [-0.05, 0) is 63.0 Å². The molecule has 240 valence electrons. The van der Waals surface area contributed by atoms with Gasteiger partial charge in [-0.1, -0.05) is 40.7 Å². The molecule has 1 aromatic carbocycles. The number of likely N-dealkylation sites (N-methyl/N-ethyl adjacent to an activating group) is 1. The number of nitrogens with zero attached hydrogens (tertiary/aromatic N) is 4. The molecule has 1 aliphatic carbocycles. The summed E-state index contributed by atoms with van der Waals surface area (Å²) in [5, 5.41) is 0. The predicted molar refractivity (Wildman–Crippen MR) is 164 cm³/mol. The minimum atomic E-state index is -0.713. The summed E-state index contributed by atoms with van der Waals surface area (Å²) in [7, 11) is 3.37. The van der Waals surface area contributed by atoms with Gasteiger partial charge in [-0.15, -0.1) is 0 Å². The van der Waals surface area contributed by atoms with Crippen LogP contribution < -0.4 is 0 Å². The highest BCUT2D eigenvalue weighted by atomic mass is 19.1. The van der Waals surface area contributed by atoms with E-state index in [2.05, 4.69) is 18.7 Å². The quantitative estimate of drug-likeness (QED) is 0.444. The van der Waals surface area contributed by atoms with Gasteiger partial charge in [0.05, 0.1) is 12.0 Å². The van der Waals surface area contributed by atoms with Crippen LogP contribution in [0, 0.1) is 28.4 Å². The zero-order valence-corrected chi connectivity index (χ0v) is 27.6. The van der Waals surface area contributed by atoms with Crippen molar-refractivity contribution in [1.82, 2.24) is 19.6 Å². The number of likely N-dealkylation sites (tertiary alicyclic amines) is 2. The SMILES string of the molecule is CC(C)N1CC(C(=O)N2C[C@@H](N(C(=O)C(C)(C)C)C3CCC(C)(C)CC3)C[C@H]2C(=O)N(C)C)[C@H](c2ccc(F)cc2F)C1. The Hall–Kier alpha value is -2.55. The van der Waals surface area contributed by atoms with Gasteiger partial charge >= 0.3 is 0 Å². The molecule has 0 N–H and O–H groups in total. The highest BCUT2D eigenvalue weighted by Crippen LogP contribution is 2.42. The molecule has 3 amide bonds. The molecular weight excluding hydrogens is 550 g/mol. The van der Waals surface area contributed by atoms with E-state index in [-0.39, 0.29) is 47.8 Å². The monoisotopic (exact) mass is 602 g/mol. The summed E-state index contributed by atoms with van der Waals surface area (Å²) < 4.78 is 28.9. The number of rotatable bonds is 6. The van der Waals surface area contributed by atoms with Crippen molar-refractivity contribution >= 4 is 17.7 Å². The summed E-state index contributed by atoms with van der Waals surface area (Å²) in [6.45, 7) is 15.5. The fourth-order valence-electron chi connectivity index (χ4n) is 7.31. The lowest BCUT2D eigenvalue weighted by Crippen LogP contribution is -2.54. The van der Waals surface area contributed by atoms with Crippen molar-refractivity contribution in [3.05, 3.63) is 35.4 Å². The molecule has 0 radical (unpaired) electrons. The van der Waals surface area contributed by atoms with E-state index in [1.165, 1.54) is 17.0 Å². The average molecular weight is 603 g/mol. The van der Waals surface area contributed by atoms with Crippen molar-refractivity contribution in [3.8, 4) is 0 Å². The molecule has 1 saturated carbocycles. The summed E-state index contributed by atoms with van der Waals surface area (Å²) in [5.74, 6) is -2.71. The Morgan fingerprint density at radius 1 is 0.977 bits per heavy atom. The molecular formula is C34H52F2N4O3. The highest BCUT2D eigenvalue weighted by molar-refractivity contribution is 5.90. The van der Waals surface area contributed by atoms with E-state index >= 15 is 4.39 Å². The van der Waals surface area contributed by atoms with Crippen LogP contribution >= 0.6 is 0 Å². The maximum Gasteiger partial charge on any atom is 0.244 e. The number of carbonyl (C=O) groups is 3. The van der Waals surface area contributed by atoms with Crippen molar-refractivity contribution in [3.63, 3.8) is 0 Å². The molecule has 0 spiro atoms. The molecule has 4 rings (SSSR count). The van der Waals surface area contributed by atoms with Crippen molar-refractivity contribution < 1.29 is 23.2 Å². The summed E-state index contributed by atoms with van der Waals surface area (Å²) in [4.78, 5) is 49.5. The van der Waals surface area contributed by atoms with Crippen LogP contribution in [0.2, 0.25) is 0 Å². The van der Waals surface area contributed by atoms with Gasteiger partial charge in [-0.2, -0.15) is 0 Å². The molecule has 43 heavy (non-hydrogen) atoms. The Labute approximate surface area is 256 Å². The third kappa shape index (κ3) is 7.07. The van der Waals surface area contributed by atoms with E-state index in [9.17, 15) is 18.8 Å². The zero-order valence-electron chi connectivity index (χ0n) is 27.6. The number of halogens is 2. The Morgan fingerprint density at radius 3 is 2.14 bits per heavy atom. The summed E-state index contributed by atoms with van der Waals surface area (Å²) in [5.41, 5.74) is -0.0629. The Morgan fingerprint density at radius 2 is 1.60 bits per heavy atom. The first-order valence-electron chi connectivity index (χ1n) is 15.9. The largest absolute Gasteiger partial charge is 0.347 e. The summed E-state index contributed by atoms with van der Waals surface area (Å²) in [6, 6.07) is 2.74. The van der Waals surface area contributed by atoms with Gasteiger partial charge in [0.2, 0.25) is 17.7 Å². The van der Waals surface area contributed by atoms with Gasteiger partial charge in [0, 0.05) is 63.2 Å². The highest BCUT2D eigenvalue weighted by Gasteiger charge is 2.51. The van der Waals surface area contributed by atoms with Crippen molar-refractivity contribution in [2.24, 2.45) is 16.7 Å². The summed E-state index contributed by atoms with van der Waals surface area (Å²) >= 11 is 0. The third-order valence-corrected chi connectivity index (χ3v) is 10.0. The molecule has 3 fully saturated rings. The normalized spacial score (nSPS) is 26.7. The molecule has 2 saturated heterocycles. The van der Waals surface area contributed by atoms with Crippen LogP contribution in [0.1, 0.15) is 92.1 Å². The third-order valence-electron chi connectivity index (χ3n) is 10.0. The fraction of sp³-hybridized carbons (Fsp3) is 0.735. The maximum atomic E-state index is 15.1. The first-order valence-corrected chi connectivity index (χ1v) is 15.9. The van der Waals surface area contributed by atoms with E-state index < -0.39 is 34.9 Å². The molecule has 1 aromatic rings. The molecule has 9 heteroatoms. The molecule has 1 unspecified atom stereocenters. The molecule has 7 nitrogen and oxygen atoms in total. The number of benzene rings is 1. The lowest BCUT2D eigenvalue weighted by atomic mass is 9.74. The number of carbonyl (C=O) groups excluding carboxylic acids is 3. The second-order valence-corrected chi connectivity index (χ2v) is 15.4. The standard InChI is InChI=1S/C34H52F2N4O3/c1-21(2)38-19-26(25-11-10-22(35)16-28(25)36)27(20-38)30(41)39-18-24(17-29(39)31(42)37(8)9)40(32(43)33(3,4)5)23-12-14-34(6,7)15-13-23/h10-11,16,21,23-24,26-27,29H,12-15,17-20H2,1-9H3/t24-,26-,27?,29-/m0/s1. The van der Waals surface area contributed by atoms with Crippen molar-refractivity contribution in [1.29, 1.82) is 0 Å². The summed E-state index contributed by atoms with van der Waals surface area (Å²) in [6.07, 6.45) is 4.19. The topological polar surface area (TPSA) is 64.2 Å². The predicted octanol–water partition coefficient (Wildman–Crippen LogP) is 5.29. The van der Waals surface area contributed by atoms with Gasteiger partial charge < -0.3 is 14.7 Å². The van der Waals surface area contributed by atoms with E-state index in [0.717, 1.165) is 31.7 Å². The van der Waals surface area contributed by atoms with Crippen LogP contribution in [-0.2, 0) is 14.4 Å². The molecule has 0 aromatic heterocycles. The Kier molecular flexibility index (Phi) is 9.65. The van der Waals surface area contributed by atoms with Gasteiger partial charge in [0.1, 0.15) is 17.7 Å². The van der Waals surface area contributed by atoms with Crippen LogP contribution in [-0.4, -0.2) is 95.2 Å². The Bertz CT molecular complexity index is 1200. The molecule has 0 bridgehead atoms. The lowest BCUT2D eigenvalue weighted by Gasteiger charge is -2.45. The van der Waals surface area contributed by atoms with Gasteiger partial charge in [-0.3, -0.25) is 19.3 Å². The van der Waals surface area contributed by atoms with Crippen LogP contribution in [0.15, 0.2) is 18.2 Å². The number of hydrogen-bond donors (Lipinski definition) is 0. The van der Waals surface area contributed by atoms with Crippen LogP contribution in [0.3, 0.4) is 0 Å². The molecule has 3 aliphatic rings. The second kappa shape index (κ2) is 12.4. The Balaban J connectivity index is 1.70. The smallest absolute Gasteiger partial charge is 0.244 e. The van der Waals surface area contributed by atoms with Crippen LogP contribution in [0.5, 0.6) is 0 Å². The van der Waals surface area contributed by atoms with Gasteiger partial charge in [0.15, 0.2) is 0 Å². The first kappa shape index (κ1) is 33.3. The zero-order chi connectivity index (χ0) is 32.0. The number of hydrogen-bond acceptors (Lipinski definition) is 4. The van der Waals surface area contributed by atoms with E-state index in [0.29, 0.717) is 25.1 Å².